The number of ether oxygens (including phenoxy) is 1. The van der Waals surface area contributed by atoms with Gasteiger partial charge in [-0.05, 0) is 64.6 Å². The van der Waals surface area contributed by atoms with E-state index in [0.29, 0.717) is 20.5 Å². The van der Waals surface area contributed by atoms with E-state index in [-0.39, 0.29) is 11.3 Å². The summed E-state index contributed by atoms with van der Waals surface area (Å²) in [5, 5.41) is 0. The van der Waals surface area contributed by atoms with E-state index in [9.17, 15) is 9.59 Å². The van der Waals surface area contributed by atoms with Crippen LogP contribution in [0.15, 0.2) is 53.3 Å². The topological polar surface area (TPSA) is 59.2 Å². The number of aromatic amines is 1. The Labute approximate surface area is 161 Å². The number of rotatable bonds is 4. The van der Waals surface area contributed by atoms with Gasteiger partial charge in [0.2, 0.25) is 0 Å². The number of halogens is 1. The first-order valence-electron chi connectivity index (χ1n) is 7.42. The molecule has 0 radical (unpaired) electrons. The van der Waals surface area contributed by atoms with E-state index in [1.54, 1.807) is 31.4 Å². The molecule has 0 unspecified atom stereocenters. The third-order valence-corrected chi connectivity index (χ3v) is 5.45. The summed E-state index contributed by atoms with van der Waals surface area (Å²) in [7, 11) is 1.57. The summed E-state index contributed by atoms with van der Waals surface area (Å²) in [4.78, 5) is 27.2. The maximum absolute atomic E-state index is 12.3. The number of thiazole rings is 1. The number of H-pyrrole nitrogens is 1. The second-order valence-corrected chi connectivity index (χ2v) is 7.43. The second kappa shape index (κ2) is 7.79. The summed E-state index contributed by atoms with van der Waals surface area (Å²) in [5.74, 6) is 0.524. The fraction of sp³-hybridized carbons (Fsp3) is 0.0526. The summed E-state index contributed by atoms with van der Waals surface area (Å²) in [5.41, 5.74) is 1.32. The third-order valence-electron chi connectivity index (χ3n) is 3.51. The predicted octanol–water partition coefficient (Wildman–Crippen LogP) is 2.54. The fourth-order valence-corrected chi connectivity index (χ4v) is 3.63. The molecule has 3 aromatic rings. The number of methoxy groups -OCH3 is 1. The van der Waals surface area contributed by atoms with Crippen LogP contribution in [0.5, 0.6) is 5.75 Å². The molecule has 25 heavy (non-hydrogen) atoms. The molecule has 0 amide bonds. The van der Waals surface area contributed by atoms with Crippen LogP contribution in [0.2, 0.25) is 0 Å². The maximum Gasteiger partial charge on any atom is 0.266 e. The van der Waals surface area contributed by atoms with Crippen molar-refractivity contribution >= 4 is 51.9 Å². The van der Waals surface area contributed by atoms with Gasteiger partial charge in [0.25, 0.3) is 5.56 Å². The van der Waals surface area contributed by atoms with E-state index in [2.05, 4.69) is 27.6 Å². The summed E-state index contributed by atoms with van der Waals surface area (Å²) in [6.45, 7) is 0. The molecule has 6 heteroatoms. The molecular formula is C19H14INO3S. The number of benzene rings is 2. The Hall–Kier alpha value is -2.19. The number of Topliss-reactive ketones (excluding diaryl/α,β-unsaturated/α-hetero) is 1. The van der Waals surface area contributed by atoms with Gasteiger partial charge in [0.05, 0.1) is 16.3 Å². The molecule has 0 aliphatic heterocycles. The highest BCUT2D eigenvalue weighted by Crippen LogP contribution is 2.12. The standard InChI is InChI=1S/C19H14INO3S/c1-24-14-8-6-12(7-9-14)16(22)11-18-21-19(23)17(25-18)10-13-4-2-3-5-15(13)20/h2-11H,1H3,(H,21,23)/b17-10+,18-11+. The SMILES string of the molecule is COc1ccc(C(=O)/C=c2\[nH]c(=O)/c(=C\c3ccccc3I)s2)cc1. The van der Waals surface area contributed by atoms with Crippen molar-refractivity contribution in [3.05, 3.63) is 82.8 Å². The summed E-state index contributed by atoms with van der Waals surface area (Å²) < 4.78 is 7.24. The maximum atomic E-state index is 12.3. The van der Waals surface area contributed by atoms with Crippen LogP contribution in [0.3, 0.4) is 0 Å². The largest absolute Gasteiger partial charge is 0.497 e. The van der Waals surface area contributed by atoms with Gasteiger partial charge in [-0.2, -0.15) is 0 Å². The van der Waals surface area contributed by atoms with Gasteiger partial charge in [-0.3, -0.25) is 9.59 Å². The lowest BCUT2D eigenvalue weighted by Gasteiger charge is -1.99. The number of carbonyl (C=O) groups is 1. The van der Waals surface area contributed by atoms with Crippen molar-refractivity contribution in [2.45, 2.75) is 0 Å². The predicted molar refractivity (Wildman–Crippen MR) is 109 cm³/mol. The lowest BCUT2D eigenvalue weighted by atomic mass is 10.1. The van der Waals surface area contributed by atoms with Gasteiger partial charge in [-0.15, -0.1) is 11.3 Å². The van der Waals surface area contributed by atoms with E-state index in [4.69, 9.17) is 4.74 Å². The van der Waals surface area contributed by atoms with Gasteiger partial charge >= 0.3 is 0 Å². The zero-order chi connectivity index (χ0) is 17.8. The first kappa shape index (κ1) is 17.6. The Morgan fingerprint density at radius 3 is 2.56 bits per heavy atom. The average Bonchev–Trinajstić information content (AvgIpc) is 2.96. The highest BCUT2D eigenvalue weighted by atomic mass is 127. The van der Waals surface area contributed by atoms with Crippen LogP contribution < -0.4 is 19.5 Å². The molecule has 3 rings (SSSR count). The minimum atomic E-state index is -0.196. The summed E-state index contributed by atoms with van der Waals surface area (Å²) in [6, 6.07) is 14.7. The van der Waals surface area contributed by atoms with Crippen LogP contribution in [-0.2, 0) is 0 Å². The number of hydrogen-bond acceptors (Lipinski definition) is 4. The van der Waals surface area contributed by atoms with Crippen LogP contribution in [0.4, 0.5) is 0 Å². The molecule has 0 atom stereocenters. The zero-order valence-corrected chi connectivity index (χ0v) is 16.3. The number of carbonyl (C=O) groups excluding carboxylic acids is 1. The quantitative estimate of drug-likeness (QED) is 0.478. The van der Waals surface area contributed by atoms with Crippen LogP contribution in [-0.4, -0.2) is 17.9 Å². The van der Waals surface area contributed by atoms with Gasteiger partial charge in [-0.25, -0.2) is 0 Å². The van der Waals surface area contributed by atoms with Gasteiger partial charge in [-0.1, -0.05) is 18.2 Å². The molecule has 0 spiro atoms. The molecule has 0 saturated heterocycles. The minimum absolute atomic E-state index is 0.166. The molecule has 0 bridgehead atoms. The minimum Gasteiger partial charge on any atom is -0.497 e. The van der Waals surface area contributed by atoms with Crippen molar-refractivity contribution in [3.8, 4) is 5.75 Å². The number of nitrogens with one attached hydrogen (secondary N) is 1. The Morgan fingerprint density at radius 1 is 1.16 bits per heavy atom. The molecule has 1 aromatic heterocycles. The lowest BCUT2D eigenvalue weighted by Crippen LogP contribution is -2.20. The molecular weight excluding hydrogens is 449 g/mol. The molecule has 126 valence electrons. The molecule has 1 N–H and O–H groups in total. The van der Waals surface area contributed by atoms with E-state index in [1.165, 1.54) is 17.4 Å². The van der Waals surface area contributed by atoms with E-state index < -0.39 is 0 Å². The zero-order valence-electron chi connectivity index (χ0n) is 13.3. The Bertz CT molecular complexity index is 1080. The second-order valence-electron chi connectivity index (χ2n) is 5.19. The van der Waals surface area contributed by atoms with E-state index in [0.717, 1.165) is 9.13 Å². The summed E-state index contributed by atoms with van der Waals surface area (Å²) >= 11 is 3.49. The molecule has 2 aromatic carbocycles. The van der Waals surface area contributed by atoms with E-state index >= 15 is 0 Å². The van der Waals surface area contributed by atoms with Gasteiger partial charge in [0.15, 0.2) is 5.78 Å². The Kier molecular flexibility index (Phi) is 5.50. The third kappa shape index (κ3) is 4.26. The highest BCUT2D eigenvalue weighted by Gasteiger charge is 2.04. The Balaban J connectivity index is 1.96. The molecule has 0 fully saturated rings. The molecule has 0 aliphatic rings. The molecule has 0 aliphatic carbocycles. The molecule has 0 saturated carbocycles. The van der Waals surface area contributed by atoms with Crippen LogP contribution in [0, 0.1) is 3.57 Å². The highest BCUT2D eigenvalue weighted by molar-refractivity contribution is 14.1. The molecule has 1 heterocycles. The van der Waals surface area contributed by atoms with Crippen molar-refractivity contribution < 1.29 is 9.53 Å². The van der Waals surface area contributed by atoms with Crippen molar-refractivity contribution in [2.24, 2.45) is 0 Å². The first-order valence-corrected chi connectivity index (χ1v) is 9.32. The fourth-order valence-electron chi connectivity index (χ4n) is 2.22. The monoisotopic (exact) mass is 463 g/mol. The van der Waals surface area contributed by atoms with Crippen molar-refractivity contribution in [1.82, 2.24) is 4.98 Å². The van der Waals surface area contributed by atoms with Crippen molar-refractivity contribution in [2.75, 3.05) is 7.11 Å². The smallest absolute Gasteiger partial charge is 0.266 e. The number of aromatic nitrogens is 1. The van der Waals surface area contributed by atoms with Crippen LogP contribution in [0.25, 0.3) is 12.2 Å². The van der Waals surface area contributed by atoms with Crippen molar-refractivity contribution in [1.29, 1.82) is 0 Å². The Morgan fingerprint density at radius 2 is 1.88 bits per heavy atom. The number of ketones is 1. The lowest BCUT2D eigenvalue weighted by molar-refractivity contribution is 0.106. The normalized spacial score (nSPS) is 12.4. The van der Waals surface area contributed by atoms with Gasteiger partial charge in [0, 0.05) is 15.2 Å². The first-order chi connectivity index (χ1) is 12.1. The number of hydrogen-bond donors (Lipinski definition) is 1. The molecule has 4 nitrogen and oxygen atoms in total. The van der Waals surface area contributed by atoms with Crippen LogP contribution >= 0.6 is 33.9 Å². The van der Waals surface area contributed by atoms with Gasteiger partial charge < -0.3 is 9.72 Å². The van der Waals surface area contributed by atoms with E-state index in [1.807, 2.05) is 30.3 Å². The average molecular weight is 463 g/mol. The van der Waals surface area contributed by atoms with Gasteiger partial charge in [0.1, 0.15) is 5.75 Å². The van der Waals surface area contributed by atoms with Crippen LogP contribution in [0.1, 0.15) is 15.9 Å². The van der Waals surface area contributed by atoms with Crippen molar-refractivity contribution in [3.63, 3.8) is 0 Å². The summed E-state index contributed by atoms with van der Waals surface area (Å²) in [6.07, 6.45) is 3.28.